The Hall–Kier alpha value is -1.99. The minimum Gasteiger partial charge on any atom is -0.467 e. The summed E-state index contributed by atoms with van der Waals surface area (Å²) >= 11 is 1.75. The van der Waals surface area contributed by atoms with Gasteiger partial charge in [-0.15, -0.1) is 11.3 Å². The number of nitrogens with zero attached hydrogens (tertiary/aromatic N) is 1. The molecule has 0 amide bonds. The molecule has 1 atom stereocenters. The molecule has 0 spiro atoms. The van der Waals surface area contributed by atoms with Gasteiger partial charge in [0.1, 0.15) is 18.2 Å². The molecule has 0 radical (unpaired) electrons. The van der Waals surface area contributed by atoms with Gasteiger partial charge in [-0.3, -0.25) is 4.90 Å². The first-order valence-corrected chi connectivity index (χ1v) is 9.70. The van der Waals surface area contributed by atoms with Crippen molar-refractivity contribution in [3.8, 4) is 0 Å². The van der Waals surface area contributed by atoms with Crippen LogP contribution in [0.15, 0.2) is 59.2 Å². The van der Waals surface area contributed by atoms with Crippen molar-refractivity contribution in [1.29, 1.82) is 0 Å². The van der Waals surface area contributed by atoms with Crippen LogP contribution < -0.4 is 0 Å². The molecule has 1 N–H and O–H groups in total. The second kappa shape index (κ2) is 9.80. The van der Waals surface area contributed by atoms with Gasteiger partial charge >= 0.3 is 0 Å². The third-order valence-corrected chi connectivity index (χ3v) is 5.08. The number of aryl methyl sites for hydroxylation is 1. The predicted octanol–water partition coefficient (Wildman–Crippen LogP) is 4.37. The zero-order valence-electron chi connectivity index (χ0n) is 15.3. The number of benzene rings is 1. The Morgan fingerprint density at radius 3 is 2.63 bits per heavy atom. The molecule has 1 aromatic carbocycles. The van der Waals surface area contributed by atoms with E-state index in [0.717, 1.165) is 17.9 Å². The molecule has 2 aromatic heterocycles. The van der Waals surface area contributed by atoms with E-state index >= 15 is 0 Å². The Kier molecular flexibility index (Phi) is 7.18. The summed E-state index contributed by atoms with van der Waals surface area (Å²) < 4.78 is 23.9. The van der Waals surface area contributed by atoms with Gasteiger partial charge in [0.05, 0.1) is 19.0 Å². The van der Waals surface area contributed by atoms with Crippen molar-refractivity contribution in [3.05, 3.63) is 81.7 Å². The van der Waals surface area contributed by atoms with E-state index in [4.69, 9.17) is 9.15 Å². The van der Waals surface area contributed by atoms with E-state index in [1.807, 2.05) is 12.1 Å². The molecule has 3 aromatic rings. The average molecular weight is 389 g/mol. The Bertz CT molecular complexity index is 801. The van der Waals surface area contributed by atoms with Crippen LogP contribution in [0.1, 0.15) is 21.1 Å². The number of halogens is 1. The molecule has 0 saturated carbocycles. The molecule has 6 heteroatoms. The molecule has 0 bridgehead atoms. The van der Waals surface area contributed by atoms with Gasteiger partial charge in [0.15, 0.2) is 0 Å². The third-order valence-electron chi connectivity index (χ3n) is 4.10. The van der Waals surface area contributed by atoms with Gasteiger partial charge in [0, 0.05) is 29.4 Å². The average Bonchev–Trinajstić information content (AvgIpc) is 3.29. The highest BCUT2D eigenvalue weighted by molar-refractivity contribution is 7.11. The van der Waals surface area contributed by atoms with Crippen LogP contribution in [0.2, 0.25) is 0 Å². The van der Waals surface area contributed by atoms with E-state index < -0.39 is 6.10 Å². The van der Waals surface area contributed by atoms with E-state index in [-0.39, 0.29) is 12.4 Å². The summed E-state index contributed by atoms with van der Waals surface area (Å²) in [4.78, 5) is 4.65. The summed E-state index contributed by atoms with van der Waals surface area (Å²) in [5.74, 6) is 0.491. The minimum atomic E-state index is -0.624. The molecule has 3 rings (SSSR count). The van der Waals surface area contributed by atoms with E-state index in [2.05, 4.69) is 24.0 Å². The SMILES string of the molecule is Cc1ccc(CN(Cc2ccc(F)cc2)C[C@H](O)COCc2ccco2)s1. The number of aliphatic hydroxyl groups excluding tert-OH is 1. The van der Waals surface area contributed by atoms with Crippen molar-refractivity contribution in [2.75, 3.05) is 13.2 Å². The maximum Gasteiger partial charge on any atom is 0.129 e. The van der Waals surface area contributed by atoms with Crippen LogP contribution in [0.4, 0.5) is 4.39 Å². The highest BCUT2D eigenvalue weighted by atomic mass is 32.1. The van der Waals surface area contributed by atoms with Crippen LogP contribution in [0.5, 0.6) is 0 Å². The first-order chi connectivity index (χ1) is 13.1. The molecule has 4 nitrogen and oxygen atoms in total. The highest BCUT2D eigenvalue weighted by Crippen LogP contribution is 2.19. The normalized spacial score (nSPS) is 12.6. The minimum absolute atomic E-state index is 0.226. The lowest BCUT2D eigenvalue weighted by molar-refractivity contribution is 0.00268. The smallest absolute Gasteiger partial charge is 0.129 e. The van der Waals surface area contributed by atoms with Gasteiger partial charge in [0.25, 0.3) is 0 Å². The number of ether oxygens (including phenoxy) is 1. The van der Waals surface area contributed by atoms with E-state index in [0.29, 0.717) is 19.7 Å². The summed E-state index contributed by atoms with van der Waals surface area (Å²) in [6.45, 7) is 4.47. The molecule has 2 heterocycles. The molecule has 0 aliphatic carbocycles. The number of thiophene rings is 1. The summed E-state index contributed by atoms with van der Waals surface area (Å²) in [7, 11) is 0. The summed E-state index contributed by atoms with van der Waals surface area (Å²) in [5, 5.41) is 10.4. The zero-order valence-corrected chi connectivity index (χ0v) is 16.1. The summed E-state index contributed by atoms with van der Waals surface area (Å²) in [5.41, 5.74) is 1.01. The van der Waals surface area contributed by atoms with E-state index in [1.165, 1.54) is 21.9 Å². The van der Waals surface area contributed by atoms with E-state index in [9.17, 15) is 9.50 Å². The standard InChI is InChI=1S/C21H24FNO3S/c1-16-4-9-21(27-16)13-23(11-17-5-7-18(22)8-6-17)12-19(24)14-25-15-20-3-2-10-26-20/h2-10,19,24H,11-15H2,1H3/t19-/m0/s1. The molecule has 27 heavy (non-hydrogen) atoms. The molecule has 0 unspecified atom stereocenters. The van der Waals surface area contributed by atoms with E-state index in [1.54, 1.807) is 29.7 Å². The molecule has 0 fully saturated rings. The quantitative estimate of drug-likeness (QED) is 0.559. The second-order valence-electron chi connectivity index (χ2n) is 6.56. The fourth-order valence-corrected chi connectivity index (χ4v) is 3.80. The van der Waals surface area contributed by atoms with Gasteiger partial charge in [-0.25, -0.2) is 4.39 Å². The maximum absolute atomic E-state index is 13.2. The Morgan fingerprint density at radius 2 is 1.96 bits per heavy atom. The number of aliphatic hydroxyl groups is 1. The lowest BCUT2D eigenvalue weighted by Crippen LogP contribution is -2.34. The van der Waals surface area contributed by atoms with Crippen molar-refractivity contribution in [1.82, 2.24) is 4.90 Å². The van der Waals surface area contributed by atoms with Crippen molar-refractivity contribution in [2.45, 2.75) is 32.7 Å². The largest absolute Gasteiger partial charge is 0.467 e. The van der Waals surface area contributed by atoms with Gasteiger partial charge < -0.3 is 14.3 Å². The molecule has 0 aliphatic rings. The van der Waals surface area contributed by atoms with Crippen molar-refractivity contribution in [3.63, 3.8) is 0 Å². The molecule has 0 saturated heterocycles. The first-order valence-electron chi connectivity index (χ1n) is 8.89. The van der Waals surface area contributed by atoms with Crippen LogP contribution in [0.25, 0.3) is 0 Å². The van der Waals surface area contributed by atoms with Crippen LogP contribution in [-0.4, -0.2) is 29.3 Å². The number of hydrogen-bond donors (Lipinski definition) is 1. The number of rotatable bonds is 10. The fraction of sp³-hybridized carbons (Fsp3) is 0.333. The molecular formula is C21H24FNO3S. The summed E-state index contributed by atoms with van der Waals surface area (Å²) in [6.07, 6.45) is 0.976. The van der Waals surface area contributed by atoms with Crippen LogP contribution in [-0.2, 0) is 24.4 Å². The van der Waals surface area contributed by atoms with Gasteiger partial charge in [-0.05, 0) is 48.9 Å². The summed E-state index contributed by atoms with van der Waals surface area (Å²) in [6, 6.07) is 14.3. The predicted molar refractivity (Wildman–Crippen MR) is 104 cm³/mol. The maximum atomic E-state index is 13.2. The van der Waals surface area contributed by atoms with Crippen LogP contribution in [0, 0.1) is 12.7 Å². The van der Waals surface area contributed by atoms with Gasteiger partial charge in [-0.1, -0.05) is 12.1 Å². The third kappa shape index (κ3) is 6.59. The zero-order chi connectivity index (χ0) is 19.1. The first kappa shape index (κ1) is 19.8. The fourth-order valence-electron chi connectivity index (χ4n) is 2.86. The van der Waals surface area contributed by atoms with Crippen LogP contribution in [0.3, 0.4) is 0 Å². The van der Waals surface area contributed by atoms with Crippen molar-refractivity contribution >= 4 is 11.3 Å². The molecule has 144 valence electrons. The molecule has 0 aliphatic heterocycles. The van der Waals surface area contributed by atoms with Gasteiger partial charge in [0.2, 0.25) is 0 Å². The van der Waals surface area contributed by atoms with Crippen molar-refractivity contribution in [2.24, 2.45) is 0 Å². The Labute approximate surface area is 162 Å². The Morgan fingerprint density at radius 1 is 1.15 bits per heavy atom. The van der Waals surface area contributed by atoms with Gasteiger partial charge in [-0.2, -0.15) is 0 Å². The second-order valence-corrected chi connectivity index (χ2v) is 7.93. The monoisotopic (exact) mass is 389 g/mol. The number of hydrogen-bond acceptors (Lipinski definition) is 5. The van der Waals surface area contributed by atoms with Crippen LogP contribution >= 0.6 is 11.3 Å². The topological polar surface area (TPSA) is 45.8 Å². The lowest BCUT2D eigenvalue weighted by Gasteiger charge is -2.24. The lowest BCUT2D eigenvalue weighted by atomic mass is 10.2. The number of furan rings is 1. The highest BCUT2D eigenvalue weighted by Gasteiger charge is 2.15. The Balaban J connectivity index is 1.56. The molecular weight excluding hydrogens is 365 g/mol. The van der Waals surface area contributed by atoms with Crippen molar-refractivity contribution < 1.29 is 18.7 Å².